The van der Waals surface area contributed by atoms with Gasteiger partial charge in [0, 0.05) is 22.6 Å². The van der Waals surface area contributed by atoms with Gasteiger partial charge in [-0.25, -0.2) is 0 Å². The Kier molecular flexibility index (Phi) is 8.88. The van der Waals surface area contributed by atoms with E-state index < -0.39 is 28.7 Å². The van der Waals surface area contributed by atoms with Gasteiger partial charge in [-0.3, -0.25) is 14.3 Å². The van der Waals surface area contributed by atoms with Crippen molar-refractivity contribution < 1.29 is 24.2 Å². The fourth-order valence-corrected chi connectivity index (χ4v) is 12.3. The van der Waals surface area contributed by atoms with Crippen molar-refractivity contribution in [3.8, 4) is 0 Å². The lowest BCUT2D eigenvalue weighted by molar-refractivity contribution is -0.252. The summed E-state index contributed by atoms with van der Waals surface area (Å²) in [5.74, 6) is -0.149. The number of ether oxygens (including phenoxy) is 2. The van der Waals surface area contributed by atoms with E-state index in [1.807, 2.05) is 11.6 Å². The Bertz CT molecular complexity index is 1500. The highest BCUT2D eigenvalue weighted by atomic mass is 16.5. The van der Waals surface area contributed by atoms with Crippen LogP contribution in [-0.4, -0.2) is 58.2 Å². The van der Waals surface area contributed by atoms with E-state index in [2.05, 4.69) is 68.4 Å². The molecule has 9 nitrogen and oxygen atoms in total. The van der Waals surface area contributed by atoms with Gasteiger partial charge < -0.3 is 26.0 Å². The van der Waals surface area contributed by atoms with Gasteiger partial charge in [0.1, 0.15) is 5.69 Å². The molecule has 12 atom stereocenters. The molecule has 9 heteroatoms. The van der Waals surface area contributed by atoms with Crippen LogP contribution in [0.3, 0.4) is 0 Å². The zero-order valence-electron chi connectivity index (χ0n) is 31.8. The van der Waals surface area contributed by atoms with Gasteiger partial charge in [0.05, 0.1) is 37.9 Å². The molecule has 1 aromatic heterocycles. The average Bonchev–Trinajstić information content (AvgIpc) is 3.50. The van der Waals surface area contributed by atoms with Gasteiger partial charge in [-0.15, -0.1) is 0 Å². The standard InChI is InChI=1S/C40H64N4O5/c1-23(2)25(5)35(6)16-17-37(8)26-11-12-30-36(7)20-48-22-40(30,27(26)13-15-38(37,9)31(35)34(46)47)19-29(44-28(33(41)45)14-18-43-44)32(36)49-21-39(10,42)24(3)4/h13-14,18,23-26,29-32H,11-12,15-17,19-22,42H2,1-10H3,(H2,41,45)(H,46,47)/t25-,26+,29-,30+,31-,32+,35-,36+,37-,38+,39+,40+/m1/s1. The number of nitrogens with zero attached hydrogens (tertiary/aromatic N) is 2. The Labute approximate surface area is 294 Å². The Hall–Kier alpha value is -2.23. The first kappa shape index (κ1) is 36.6. The lowest BCUT2D eigenvalue weighted by atomic mass is 9.34. The number of hydrogen-bond donors (Lipinski definition) is 3. The summed E-state index contributed by atoms with van der Waals surface area (Å²) in [5, 5.41) is 15.8. The maximum absolute atomic E-state index is 13.5. The lowest BCUT2D eigenvalue weighted by Crippen LogP contribution is -2.69. The van der Waals surface area contributed by atoms with Crippen LogP contribution in [0.15, 0.2) is 23.9 Å². The van der Waals surface area contributed by atoms with Crippen molar-refractivity contribution in [2.75, 3.05) is 19.8 Å². The van der Waals surface area contributed by atoms with E-state index in [0.717, 1.165) is 32.1 Å². The van der Waals surface area contributed by atoms with Gasteiger partial charge in [-0.05, 0) is 97.3 Å². The molecule has 0 aromatic carbocycles. The predicted octanol–water partition coefficient (Wildman–Crippen LogP) is 6.87. The molecule has 3 saturated carbocycles. The molecule has 0 spiro atoms. The third-order valence-electron chi connectivity index (χ3n) is 16.2. The van der Waals surface area contributed by atoms with E-state index in [1.165, 1.54) is 5.57 Å². The lowest BCUT2D eigenvalue weighted by Gasteiger charge is -2.71. The number of allylic oxidation sites excluding steroid dienone is 1. The normalized spacial score (nSPS) is 43.5. The van der Waals surface area contributed by atoms with Crippen LogP contribution in [-0.2, 0) is 14.3 Å². The van der Waals surface area contributed by atoms with Crippen molar-refractivity contribution >= 4 is 11.9 Å². The molecule has 1 aromatic rings. The number of aliphatic carboxylic acids is 1. The highest BCUT2D eigenvalue weighted by Crippen LogP contribution is 2.75. The molecule has 6 rings (SSSR count). The predicted molar refractivity (Wildman–Crippen MR) is 191 cm³/mol. The largest absolute Gasteiger partial charge is 0.481 e. The van der Waals surface area contributed by atoms with Gasteiger partial charge in [-0.1, -0.05) is 74.0 Å². The number of carboxylic acids is 1. The van der Waals surface area contributed by atoms with Crippen molar-refractivity contribution in [3.05, 3.63) is 29.6 Å². The van der Waals surface area contributed by atoms with Crippen LogP contribution in [0.25, 0.3) is 0 Å². The maximum Gasteiger partial charge on any atom is 0.307 e. The number of nitrogens with two attached hydrogens (primary N) is 2. The molecular formula is C40H64N4O5. The van der Waals surface area contributed by atoms with Crippen LogP contribution < -0.4 is 11.5 Å². The van der Waals surface area contributed by atoms with Crippen LogP contribution in [0.5, 0.6) is 0 Å². The summed E-state index contributed by atoms with van der Waals surface area (Å²) in [6.45, 7) is 23.8. The number of primary amides is 1. The van der Waals surface area contributed by atoms with Gasteiger partial charge in [0.2, 0.25) is 0 Å². The number of carbonyl (C=O) groups is 2. The molecule has 5 aliphatic rings. The highest BCUT2D eigenvalue weighted by Gasteiger charge is 2.72. The first-order chi connectivity index (χ1) is 22.7. The Balaban J connectivity index is 1.47. The van der Waals surface area contributed by atoms with E-state index in [9.17, 15) is 14.7 Å². The molecule has 49 heavy (non-hydrogen) atoms. The van der Waals surface area contributed by atoms with Crippen LogP contribution in [0.2, 0.25) is 0 Å². The average molecular weight is 681 g/mol. The Morgan fingerprint density at radius 1 is 1.10 bits per heavy atom. The first-order valence-corrected chi connectivity index (χ1v) is 19.0. The second-order valence-corrected chi connectivity index (χ2v) is 19.0. The molecule has 1 saturated heterocycles. The number of rotatable bonds is 9. The Morgan fingerprint density at radius 3 is 2.41 bits per heavy atom. The summed E-state index contributed by atoms with van der Waals surface area (Å²) >= 11 is 0. The summed E-state index contributed by atoms with van der Waals surface area (Å²) in [6.07, 6.45) is 9.23. The fourth-order valence-electron chi connectivity index (χ4n) is 12.3. The van der Waals surface area contributed by atoms with Crippen LogP contribution in [0, 0.1) is 62.6 Å². The van der Waals surface area contributed by atoms with Gasteiger partial charge in [0.15, 0.2) is 0 Å². The number of carboxylic acid groups (broad SMARTS) is 1. The van der Waals surface area contributed by atoms with E-state index in [-0.39, 0.29) is 51.6 Å². The molecule has 1 aliphatic heterocycles. The number of fused-ring (bicyclic) bond motifs is 3. The summed E-state index contributed by atoms with van der Waals surface area (Å²) < 4.78 is 15.5. The molecule has 2 heterocycles. The highest BCUT2D eigenvalue weighted by molar-refractivity contribution is 5.91. The molecule has 5 N–H and O–H groups in total. The minimum Gasteiger partial charge on any atom is -0.481 e. The van der Waals surface area contributed by atoms with Crippen molar-refractivity contribution in [1.82, 2.24) is 9.78 Å². The zero-order valence-corrected chi connectivity index (χ0v) is 31.8. The van der Waals surface area contributed by atoms with E-state index in [4.69, 9.17) is 26.0 Å². The van der Waals surface area contributed by atoms with E-state index in [0.29, 0.717) is 43.8 Å². The van der Waals surface area contributed by atoms with Gasteiger partial charge in [-0.2, -0.15) is 5.10 Å². The zero-order chi connectivity index (χ0) is 36.1. The number of hydrogen-bond acceptors (Lipinski definition) is 6. The van der Waals surface area contributed by atoms with Crippen LogP contribution >= 0.6 is 0 Å². The molecule has 4 fully saturated rings. The van der Waals surface area contributed by atoms with Crippen molar-refractivity contribution in [2.24, 2.45) is 74.0 Å². The first-order valence-electron chi connectivity index (χ1n) is 19.0. The molecule has 0 unspecified atom stereocenters. The van der Waals surface area contributed by atoms with Gasteiger partial charge in [0.25, 0.3) is 5.91 Å². The summed E-state index contributed by atoms with van der Waals surface area (Å²) in [6, 6.07) is 1.46. The quantitative estimate of drug-likeness (QED) is 0.242. The molecule has 2 bridgehead atoms. The van der Waals surface area contributed by atoms with E-state index >= 15 is 0 Å². The second-order valence-electron chi connectivity index (χ2n) is 19.0. The summed E-state index contributed by atoms with van der Waals surface area (Å²) in [7, 11) is 0. The third kappa shape index (κ3) is 5.05. The minimum atomic E-state index is -0.649. The van der Waals surface area contributed by atoms with Crippen molar-refractivity contribution in [1.29, 1.82) is 0 Å². The SMILES string of the molecule is CC(C)[C@@H](C)[C@@]1(C)CC[C@]2(C)[C@H]3CC[C@@H]4[C@@]5(COC[C@]4(C)[C@@H](OC[C@](C)(N)C(C)C)[C@H](n4nccc4C(N)=O)C5)C3=CC[C@@]2(C)[C@@H]1C(=O)O. The maximum atomic E-state index is 13.5. The van der Waals surface area contributed by atoms with E-state index in [1.54, 1.807) is 12.3 Å². The molecular weight excluding hydrogens is 616 g/mol. The molecule has 4 aliphatic carbocycles. The van der Waals surface area contributed by atoms with Crippen LogP contribution in [0.1, 0.15) is 124 Å². The van der Waals surface area contributed by atoms with Crippen LogP contribution in [0.4, 0.5) is 0 Å². The summed E-state index contributed by atoms with van der Waals surface area (Å²) in [5.41, 5.74) is 12.5. The van der Waals surface area contributed by atoms with Gasteiger partial charge >= 0.3 is 5.97 Å². The summed E-state index contributed by atoms with van der Waals surface area (Å²) in [4.78, 5) is 26.2. The molecule has 274 valence electrons. The number of carbonyl (C=O) groups excluding carboxylic acids is 1. The van der Waals surface area contributed by atoms with Crippen molar-refractivity contribution in [2.45, 2.75) is 125 Å². The number of aromatic nitrogens is 2. The fraction of sp³-hybridized carbons (Fsp3) is 0.825. The topological polar surface area (TPSA) is 143 Å². The smallest absolute Gasteiger partial charge is 0.307 e. The minimum absolute atomic E-state index is 0.185. The molecule has 1 amide bonds. The number of amides is 1. The molecule has 0 radical (unpaired) electrons. The second kappa shape index (κ2) is 11.9. The van der Waals surface area contributed by atoms with Crippen molar-refractivity contribution in [3.63, 3.8) is 0 Å². The Morgan fingerprint density at radius 2 is 1.80 bits per heavy atom. The monoisotopic (exact) mass is 680 g/mol. The third-order valence-corrected chi connectivity index (χ3v) is 16.2.